The topological polar surface area (TPSA) is 92.8 Å². The highest BCUT2D eigenvalue weighted by Crippen LogP contribution is 2.28. The molecule has 2 rings (SSSR count). The van der Waals surface area contributed by atoms with Gasteiger partial charge in [-0.15, -0.1) is 0 Å². The second-order valence-electron chi connectivity index (χ2n) is 7.29. The van der Waals surface area contributed by atoms with E-state index in [1.165, 1.54) is 32.1 Å². The van der Waals surface area contributed by atoms with E-state index in [4.69, 9.17) is 10.5 Å². The lowest BCUT2D eigenvalue weighted by molar-refractivity contribution is -0.143. The van der Waals surface area contributed by atoms with Crippen molar-refractivity contribution in [2.24, 2.45) is 17.6 Å². The monoisotopic (exact) mass is 349 g/mol. The van der Waals surface area contributed by atoms with Gasteiger partial charge >= 0.3 is 5.97 Å². The van der Waals surface area contributed by atoms with Crippen molar-refractivity contribution < 1.29 is 19.7 Å². The zero-order valence-corrected chi connectivity index (χ0v) is 15.1. The SMILES string of the molecule is COc1ccc(C[C@H](C[C@H](O)[C@@H](N)CC2CCCCC2)C(=O)O)cc1. The van der Waals surface area contributed by atoms with Gasteiger partial charge in [-0.3, -0.25) is 4.79 Å². The predicted octanol–water partition coefficient (Wildman–Crippen LogP) is 2.99. The van der Waals surface area contributed by atoms with Crippen molar-refractivity contribution in [2.75, 3.05) is 7.11 Å². The minimum absolute atomic E-state index is 0.190. The molecule has 1 fully saturated rings. The standard InChI is InChI=1S/C20H31NO4/c1-25-17-9-7-15(8-10-17)11-16(20(23)24)13-19(22)18(21)12-14-5-3-2-4-6-14/h7-10,14,16,18-19,22H,2-6,11-13,21H2,1H3,(H,23,24)/t16-,18+,19+/m1/s1. The van der Waals surface area contributed by atoms with E-state index in [1.54, 1.807) is 7.11 Å². The molecule has 0 radical (unpaired) electrons. The molecule has 0 saturated heterocycles. The van der Waals surface area contributed by atoms with Gasteiger partial charge in [0.1, 0.15) is 5.75 Å². The first-order chi connectivity index (χ1) is 12.0. The Hall–Kier alpha value is -1.59. The number of hydrogen-bond acceptors (Lipinski definition) is 4. The van der Waals surface area contributed by atoms with Crippen LogP contribution in [0.3, 0.4) is 0 Å². The molecule has 140 valence electrons. The normalized spacial score (nSPS) is 19.2. The lowest BCUT2D eigenvalue weighted by Gasteiger charge is -2.28. The van der Waals surface area contributed by atoms with Crippen molar-refractivity contribution in [3.05, 3.63) is 29.8 Å². The summed E-state index contributed by atoms with van der Waals surface area (Å²) >= 11 is 0. The van der Waals surface area contributed by atoms with E-state index in [0.717, 1.165) is 17.7 Å². The highest BCUT2D eigenvalue weighted by molar-refractivity contribution is 5.70. The predicted molar refractivity (Wildman–Crippen MR) is 97.6 cm³/mol. The second kappa shape index (κ2) is 9.78. The van der Waals surface area contributed by atoms with Crippen LogP contribution in [-0.4, -0.2) is 35.4 Å². The van der Waals surface area contributed by atoms with Crippen LogP contribution >= 0.6 is 0 Å². The van der Waals surface area contributed by atoms with Crippen molar-refractivity contribution in [1.29, 1.82) is 0 Å². The number of aliphatic hydroxyl groups is 1. The molecule has 0 aromatic heterocycles. The van der Waals surface area contributed by atoms with Crippen LogP contribution < -0.4 is 10.5 Å². The minimum atomic E-state index is -0.889. The molecule has 3 atom stereocenters. The van der Waals surface area contributed by atoms with Crippen LogP contribution in [0.4, 0.5) is 0 Å². The first-order valence-corrected chi connectivity index (χ1v) is 9.29. The number of aliphatic hydroxyl groups excluding tert-OH is 1. The number of carbonyl (C=O) groups is 1. The molecule has 0 amide bonds. The average Bonchev–Trinajstić information content (AvgIpc) is 2.62. The molecule has 1 aliphatic rings. The summed E-state index contributed by atoms with van der Waals surface area (Å²) in [5.74, 6) is -0.214. The quantitative estimate of drug-likeness (QED) is 0.637. The van der Waals surface area contributed by atoms with E-state index in [0.29, 0.717) is 12.3 Å². The summed E-state index contributed by atoms with van der Waals surface area (Å²) in [5, 5.41) is 19.9. The molecule has 1 saturated carbocycles. The molecule has 1 aromatic carbocycles. The first-order valence-electron chi connectivity index (χ1n) is 9.29. The molecule has 0 bridgehead atoms. The van der Waals surface area contributed by atoms with Crippen LogP contribution in [0, 0.1) is 11.8 Å². The molecule has 0 spiro atoms. The lowest BCUT2D eigenvalue weighted by Crippen LogP contribution is -2.39. The highest BCUT2D eigenvalue weighted by Gasteiger charge is 2.27. The zero-order chi connectivity index (χ0) is 18.2. The van der Waals surface area contributed by atoms with Crippen molar-refractivity contribution in [3.8, 4) is 5.75 Å². The summed E-state index contributed by atoms with van der Waals surface area (Å²) in [7, 11) is 1.60. The van der Waals surface area contributed by atoms with Crippen LogP contribution in [0.5, 0.6) is 5.75 Å². The summed E-state index contributed by atoms with van der Waals surface area (Å²) in [4.78, 5) is 11.6. The maximum atomic E-state index is 11.6. The summed E-state index contributed by atoms with van der Waals surface area (Å²) < 4.78 is 5.12. The lowest BCUT2D eigenvalue weighted by atomic mass is 9.82. The van der Waals surface area contributed by atoms with E-state index >= 15 is 0 Å². The van der Waals surface area contributed by atoms with Gasteiger partial charge in [-0.1, -0.05) is 44.2 Å². The largest absolute Gasteiger partial charge is 0.497 e. The molecule has 1 aliphatic carbocycles. The zero-order valence-electron chi connectivity index (χ0n) is 15.1. The van der Waals surface area contributed by atoms with Gasteiger partial charge in [0.05, 0.1) is 19.1 Å². The third kappa shape index (κ3) is 6.33. The third-order valence-corrected chi connectivity index (χ3v) is 5.34. The number of hydrogen-bond donors (Lipinski definition) is 3. The summed E-state index contributed by atoms with van der Waals surface area (Å²) in [5.41, 5.74) is 7.09. The van der Waals surface area contributed by atoms with Gasteiger partial charge in [0, 0.05) is 6.04 Å². The number of carboxylic acids is 1. The molecule has 0 heterocycles. The van der Waals surface area contributed by atoms with Gasteiger partial charge in [-0.25, -0.2) is 0 Å². The fraction of sp³-hybridized carbons (Fsp3) is 0.650. The Balaban J connectivity index is 1.88. The van der Waals surface area contributed by atoms with Crippen molar-refractivity contribution in [1.82, 2.24) is 0 Å². The summed E-state index contributed by atoms with van der Waals surface area (Å²) in [6, 6.07) is 7.02. The Bertz CT molecular complexity index is 525. The molecule has 0 aliphatic heterocycles. The molecule has 5 heteroatoms. The van der Waals surface area contributed by atoms with Gasteiger partial charge in [0.2, 0.25) is 0 Å². The smallest absolute Gasteiger partial charge is 0.306 e. The van der Waals surface area contributed by atoms with Gasteiger partial charge in [-0.2, -0.15) is 0 Å². The fourth-order valence-electron chi connectivity index (χ4n) is 3.75. The molecule has 0 unspecified atom stereocenters. The Morgan fingerprint density at radius 3 is 2.44 bits per heavy atom. The summed E-state index contributed by atoms with van der Waals surface area (Å²) in [6.45, 7) is 0. The van der Waals surface area contributed by atoms with Crippen molar-refractivity contribution >= 4 is 5.97 Å². The van der Waals surface area contributed by atoms with E-state index in [9.17, 15) is 15.0 Å². The molecule has 4 N–H and O–H groups in total. The number of nitrogens with two attached hydrogens (primary N) is 1. The first kappa shape index (κ1) is 19.7. The molecule has 1 aromatic rings. The van der Waals surface area contributed by atoms with E-state index in [-0.39, 0.29) is 12.5 Å². The summed E-state index contributed by atoms with van der Waals surface area (Å²) in [6.07, 6.45) is 6.70. The minimum Gasteiger partial charge on any atom is -0.497 e. The Morgan fingerprint density at radius 2 is 1.88 bits per heavy atom. The number of methoxy groups -OCH3 is 1. The maximum Gasteiger partial charge on any atom is 0.306 e. The number of rotatable bonds is 9. The number of aliphatic carboxylic acids is 1. The van der Waals surface area contributed by atoms with Crippen LogP contribution in [0.2, 0.25) is 0 Å². The molecule has 25 heavy (non-hydrogen) atoms. The van der Waals surface area contributed by atoms with E-state index < -0.39 is 18.0 Å². The van der Waals surface area contributed by atoms with Gasteiger partial charge in [0.15, 0.2) is 0 Å². The van der Waals surface area contributed by atoms with Crippen LogP contribution in [0.15, 0.2) is 24.3 Å². The number of benzene rings is 1. The van der Waals surface area contributed by atoms with Crippen LogP contribution in [0.1, 0.15) is 50.5 Å². The fourth-order valence-corrected chi connectivity index (χ4v) is 3.75. The van der Waals surface area contributed by atoms with Crippen LogP contribution in [0.25, 0.3) is 0 Å². The molecular weight excluding hydrogens is 318 g/mol. The van der Waals surface area contributed by atoms with Crippen molar-refractivity contribution in [3.63, 3.8) is 0 Å². The van der Waals surface area contributed by atoms with Gasteiger partial charge < -0.3 is 20.7 Å². The Kier molecular flexibility index (Phi) is 7.72. The van der Waals surface area contributed by atoms with E-state index in [2.05, 4.69) is 0 Å². The van der Waals surface area contributed by atoms with Gasteiger partial charge in [-0.05, 0) is 42.9 Å². The third-order valence-electron chi connectivity index (χ3n) is 5.34. The molecular formula is C20H31NO4. The molecule has 5 nitrogen and oxygen atoms in total. The Morgan fingerprint density at radius 1 is 1.24 bits per heavy atom. The maximum absolute atomic E-state index is 11.6. The Labute approximate surface area is 150 Å². The van der Waals surface area contributed by atoms with E-state index in [1.807, 2.05) is 24.3 Å². The average molecular weight is 349 g/mol. The van der Waals surface area contributed by atoms with Crippen LogP contribution in [-0.2, 0) is 11.2 Å². The van der Waals surface area contributed by atoms with Gasteiger partial charge in [0.25, 0.3) is 0 Å². The van der Waals surface area contributed by atoms with Crippen molar-refractivity contribution in [2.45, 2.75) is 63.5 Å². The number of ether oxygens (including phenoxy) is 1. The number of carboxylic acid groups (broad SMARTS) is 1. The second-order valence-corrected chi connectivity index (χ2v) is 7.29. The highest BCUT2D eigenvalue weighted by atomic mass is 16.5.